The van der Waals surface area contributed by atoms with Crippen molar-refractivity contribution in [1.82, 2.24) is 0 Å². The van der Waals surface area contributed by atoms with Gasteiger partial charge in [0.1, 0.15) is 24.0 Å². The zero-order chi connectivity index (χ0) is 20.6. The molecule has 29 heavy (non-hydrogen) atoms. The lowest BCUT2D eigenvalue weighted by Crippen LogP contribution is -2.13. The maximum atomic E-state index is 12.5. The summed E-state index contributed by atoms with van der Waals surface area (Å²) in [6.45, 7) is 0.379. The number of amides is 1. The SMILES string of the molecule is N#C/C(=C/c1ccccc1OCc1ccc(Br)cc1)C(=O)Nc1cccc(Br)c1. The van der Waals surface area contributed by atoms with Crippen LogP contribution in [0, 0.1) is 11.3 Å². The topological polar surface area (TPSA) is 62.1 Å². The van der Waals surface area contributed by atoms with Crippen LogP contribution in [0.15, 0.2) is 87.3 Å². The van der Waals surface area contributed by atoms with Crippen molar-refractivity contribution in [2.45, 2.75) is 6.61 Å². The molecule has 0 radical (unpaired) electrons. The molecule has 0 spiro atoms. The number of rotatable bonds is 6. The third kappa shape index (κ3) is 6.05. The number of hydrogen-bond acceptors (Lipinski definition) is 3. The Morgan fingerprint density at radius 2 is 1.76 bits per heavy atom. The van der Waals surface area contributed by atoms with Crippen LogP contribution < -0.4 is 10.1 Å². The average Bonchev–Trinajstić information content (AvgIpc) is 2.72. The maximum absolute atomic E-state index is 12.5. The van der Waals surface area contributed by atoms with Gasteiger partial charge in [-0.15, -0.1) is 0 Å². The van der Waals surface area contributed by atoms with Gasteiger partial charge in [0.2, 0.25) is 0 Å². The molecule has 0 aliphatic rings. The summed E-state index contributed by atoms with van der Waals surface area (Å²) in [4.78, 5) is 12.5. The molecule has 1 N–H and O–H groups in total. The van der Waals surface area contributed by atoms with E-state index in [0.29, 0.717) is 23.6 Å². The van der Waals surface area contributed by atoms with Crippen LogP contribution in [0.4, 0.5) is 5.69 Å². The van der Waals surface area contributed by atoms with Crippen molar-refractivity contribution in [3.05, 3.63) is 98.4 Å². The number of nitrogens with zero attached hydrogens (tertiary/aromatic N) is 1. The molecule has 0 bridgehead atoms. The Bertz CT molecular complexity index is 1090. The molecule has 1 amide bonds. The Balaban J connectivity index is 1.77. The smallest absolute Gasteiger partial charge is 0.266 e. The first-order valence-electron chi connectivity index (χ1n) is 8.70. The van der Waals surface area contributed by atoms with Crippen LogP contribution in [0.2, 0.25) is 0 Å². The highest BCUT2D eigenvalue weighted by atomic mass is 79.9. The van der Waals surface area contributed by atoms with Crippen LogP contribution in [-0.2, 0) is 11.4 Å². The van der Waals surface area contributed by atoms with Crippen molar-refractivity contribution >= 4 is 49.5 Å². The summed E-state index contributed by atoms with van der Waals surface area (Å²) in [5, 5.41) is 12.2. The minimum Gasteiger partial charge on any atom is -0.488 e. The standard InChI is InChI=1S/C23H16Br2N2O2/c24-19-10-8-16(9-11-19)15-29-22-7-2-1-4-17(22)12-18(14-26)23(28)27-21-6-3-5-20(25)13-21/h1-13H,15H2,(H,27,28)/b18-12-. The number of nitriles is 1. The van der Waals surface area contributed by atoms with Crippen LogP contribution >= 0.6 is 31.9 Å². The van der Waals surface area contributed by atoms with E-state index in [2.05, 4.69) is 37.2 Å². The van der Waals surface area contributed by atoms with Gasteiger partial charge >= 0.3 is 0 Å². The van der Waals surface area contributed by atoms with Gasteiger partial charge in [0.25, 0.3) is 5.91 Å². The van der Waals surface area contributed by atoms with E-state index in [9.17, 15) is 10.1 Å². The molecule has 0 unspecified atom stereocenters. The van der Waals surface area contributed by atoms with Gasteiger partial charge in [0, 0.05) is 20.2 Å². The maximum Gasteiger partial charge on any atom is 0.266 e. The number of para-hydroxylation sites is 1. The Labute approximate surface area is 186 Å². The monoisotopic (exact) mass is 510 g/mol. The second kappa shape index (κ2) is 10.1. The van der Waals surface area contributed by atoms with Crippen molar-refractivity contribution in [2.75, 3.05) is 5.32 Å². The van der Waals surface area contributed by atoms with E-state index in [1.165, 1.54) is 6.08 Å². The van der Waals surface area contributed by atoms with Gasteiger partial charge in [-0.1, -0.05) is 68.3 Å². The minimum atomic E-state index is -0.478. The van der Waals surface area contributed by atoms with E-state index in [-0.39, 0.29) is 5.57 Å². The number of carbonyl (C=O) groups is 1. The van der Waals surface area contributed by atoms with Crippen molar-refractivity contribution < 1.29 is 9.53 Å². The molecule has 0 fully saturated rings. The van der Waals surface area contributed by atoms with Gasteiger partial charge in [-0.3, -0.25) is 4.79 Å². The van der Waals surface area contributed by atoms with Gasteiger partial charge in [-0.25, -0.2) is 0 Å². The molecule has 0 aliphatic carbocycles. The first-order valence-corrected chi connectivity index (χ1v) is 10.3. The quantitative estimate of drug-likeness (QED) is 0.310. The van der Waals surface area contributed by atoms with Gasteiger partial charge in [0.15, 0.2) is 0 Å². The molecule has 0 atom stereocenters. The second-order valence-corrected chi connectivity index (χ2v) is 7.92. The molecule has 4 nitrogen and oxygen atoms in total. The Kier molecular flexibility index (Phi) is 7.23. The fourth-order valence-corrected chi connectivity index (χ4v) is 3.21. The van der Waals surface area contributed by atoms with Crippen LogP contribution in [0.1, 0.15) is 11.1 Å². The summed E-state index contributed by atoms with van der Waals surface area (Å²) < 4.78 is 7.75. The lowest BCUT2D eigenvalue weighted by Gasteiger charge is -2.10. The number of anilines is 1. The van der Waals surface area contributed by atoms with Gasteiger partial charge in [-0.2, -0.15) is 5.26 Å². The number of carbonyl (C=O) groups excluding carboxylic acids is 1. The summed E-state index contributed by atoms with van der Waals surface area (Å²) in [5.41, 5.74) is 2.26. The second-order valence-electron chi connectivity index (χ2n) is 6.09. The van der Waals surface area contributed by atoms with E-state index in [1.54, 1.807) is 24.3 Å². The number of ether oxygens (including phenoxy) is 1. The van der Waals surface area contributed by atoms with E-state index < -0.39 is 5.91 Å². The van der Waals surface area contributed by atoms with Crippen LogP contribution in [0.25, 0.3) is 6.08 Å². The number of halogens is 2. The summed E-state index contributed by atoms with van der Waals surface area (Å²) in [6, 6.07) is 24.3. The van der Waals surface area contributed by atoms with Crippen molar-refractivity contribution in [3.63, 3.8) is 0 Å². The zero-order valence-corrected chi connectivity index (χ0v) is 18.4. The molecular weight excluding hydrogens is 496 g/mol. The normalized spacial score (nSPS) is 10.9. The Morgan fingerprint density at radius 1 is 1.00 bits per heavy atom. The van der Waals surface area contributed by atoms with E-state index in [0.717, 1.165) is 14.5 Å². The fourth-order valence-electron chi connectivity index (χ4n) is 2.54. The highest BCUT2D eigenvalue weighted by Gasteiger charge is 2.11. The third-order valence-electron chi connectivity index (χ3n) is 3.97. The highest BCUT2D eigenvalue weighted by molar-refractivity contribution is 9.10. The Morgan fingerprint density at radius 3 is 2.48 bits per heavy atom. The van der Waals surface area contributed by atoms with Crippen LogP contribution in [0.5, 0.6) is 5.75 Å². The van der Waals surface area contributed by atoms with Gasteiger partial charge in [0.05, 0.1) is 0 Å². The fraction of sp³-hybridized carbons (Fsp3) is 0.0435. The number of nitrogens with one attached hydrogen (secondary N) is 1. The molecule has 6 heteroatoms. The van der Waals surface area contributed by atoms with E-state index in [4.69, 9.17) is 4.74 Å². The number of benzene rings is 3. The molecule has 0 saturated heterocycles. The highest BCUT2D eigenvalue weighted by Crippen LogP contribution is 2.23. The van der Waals surface area contributed by atoms with Gasteiger partial charge < -0.3 is 10.1 Å². The van der Waals surface area contributed by atoms with Crippen LogP contribution in [-0.4, -0.2) is 5.91 Å². The summed E-state index contributed by atoms with van der Waals surface area (Å²) >= 11 is 6.77. The molecule has 3 aromatic rings. The van der Waals surface area contributed by atoms with E-state index in [1.807, 2.05) is 54.6 Å². The molecular formula is C23H16Br2N2O2. The van der Waals surface area contributed by atoms with Gasteiger partial charge in [-0.05, 0) is 48.0 Å². The predicted molar refractivity (Wildman–Crippen MR) is 121 cm³/mol. The molecule has 3 rings (SSSR count). The minimum absolute atomic E-state index is 0.00957. The first kappa shape index (κ1) is 20.8. The third-order valence-corrected chi connectivity index (χ3v) is 5.00. The molecule has 0 aromatic heterocycles. The van der Waals surface area contributed by atoms with Crippen molar-refractivity contribution in [2.24, 2.45) is 0 Å². The molecule has 3 aromatic carbocycles. The lowest BCUT2D eigenvalue weighted by molar-refractivity contribution is -0.112. The Hall–Kier alpha value is -2.88. The zero-order valence-electron chi connectivity index (χ0n) is 15.2. The first-order chi connectivity index (χ1) is 14.0. The summed E-state index contributed by atoms with van der Waals surface area (Å²) in [7, 11) is 0. The summed E-state index contributed by atoms with van der Waals surface area (Å²) in [6.07, 6.45) is 1.53. The van der Waals surface area contributed by atoms with E-state index >= 15 is 0 Å². The van der Waals surface area contributed by atoms with Crippen molar-refractivity contribution in [3.8, 4) is 11.8 Å². The summed E-state index contributed by atoms with van der Waals surface area (Å²) in [5.74, 6) is 0.117. The molecule has 0 heterocycles. The van der Waals surface area contributed by atoms with Crippen LogP contribution in [0.3, 0.4) is 0 Å². The average molecular weight is 512 g/mol. The van der Waals surface area contributed by atoms with Crippen molar-refractivity contribution in [1.29, 1.82) is 5.26 Å². The largest absolute Gasteiger partial charge is 0.488 e. The molecule has 0 aliphatic heterocycles. The number of hydrogen-bond donors (Lipinski definition) is 1. The molecule has 0 saturated carbocycles. The molecule has 144 valence electrons. The lowest BCUT2D eigenvalue weighted by atomic mass is 10.1. The predicted octanol–water partition coefficient (Wildman–Crippen LogP) is 6.34.